The van der Waals surface area contributed by atoms with Crippen LogP contribution >= 0.6 is 0 Å². The second kappa shape index (κ2) is 7.38. The molecule has 0 saturated carbocycles. The molecule has 3 rings (SSSR count). The van der Waals surface area contributed by atoms with Crippen molar-refractivity contribution in [1.29, 1.82) is 0 Å². The molecular formula is C19H22N2O2. The van der Waals surface area contributed by atoms with Gasteiger partial charge < -0.3 is 9.64 Å². The van der Waals surface area contributed by atoms with E-state index in [9.17, 15) is 4.79 Å². The number of pyridine rings is 1. The smallest absolute Gasteiger partial charge is 0.272 e. The Labute approximate surface area is 137 Å². The highest BCUT2D eigenvalue weighted by atomic mass is 16.5. The maximum Gasteiger partial charge on any atom is 0.272 e. The number of ether oxygens (including phenoxy) is 1. The first-order valence-corrected chi connectivity index (χ1v) is 8.21. The molecule has 0 spiro atoms. The molecule has 0 bridgehead atoms. The molecule has 1 saturated heterocycles. The Kier molecular flexibility index (Phi) is 5.03. The van der Waals surface area contributed by atoms with Crippen LogP contribution in [-0.4, -0.2) is 41.6 Å². The summed E-state index contributed by atoms with van der Waals surface area (Å²) in [6.45, 7) is 4.07. The van der Waals surface area contributed by atoms with Crippen molar-refractivity contribution in [3.63, 3.8) is 0 Å². The van der Waals surface area contributed by atoms with E-state index in [2.05, 4.69) is 11.9 Å². The third-order valence-electron chi connectivity index (χ3n) is 4.28. The van der Waals surface area contributed by atoms with Crippen molar-refractivity contribution in [3.8, 4) is 11.3 Å². The minimum Gasteiger partial charge on any atom is -0.380 e. The van der Waals surface area contributed by atoms with Crippen LogP contribution in [0.4, 0.5) is 0 Å². The van der Waals surface area contributed by atoms with E-state index in [1.165, 1.54) is 0 Å². The standard InChI is InChI=1S/C19H22N2O2/c1-2-16-11-13-23-14-12-21(16)19(22)18-10-6-9-17(20-18)15-7-4-3-5-8-15/h3-10,16H,2,11-14H2,1H3. The third kappa shape index (κ3) is 3.59. The van der Waals surface area contributed by atoms with Gasteiger partial charge in [0.1, 0.15) is 5.69 Å². The molecule has 1 unspecified atom stereocenters. The van der Waals surface area contributed by atoms with E-state index in [1.807, 2.05) is 47.4 Å². The van der Waals surface area contributed by atoms with Crippen LogP contribution in [0.1, 0.15) is 30.3 Å². The number of hydrogen-bond acceptors (Lipinski definition) is 3. The number of nitrogens with zero attached hydrogens (tertiary/aromatic N) is 2. The topological polar surface area (TPSA) is 42.4 Å². The quantitative estimate of drug-likeness (QED) is 0.872. The Morgan fingerprint density at radius 1 is 1.17 bits per heavy atom. The predicted molar refractivity (Wildman–Crippen MR) is 90.2 cm³/mol. The fourth-order valence-corrected chi connectivity index (χ4v) is 2.99. The molecule has 120 valence electrons. The number of carbonyl (C=O) groups excluding carboxylic acids is 1. The summed E-state index contributed by atoms with van der Waals surface area (Å²) in [7, 11) is 0. The molecule has 1 aliphatic rings. The van der Waals surface area contributed by atoms with E-state index in [0.29, 0.717) is 18.8 Å². The van der Waals surface area contributed by atoms with Crippen molar-refractivity contribution in [3.05, 3.63) is 54.2 Å². The second-order valence-electron chi connectivity index (χ2n) is 5.74. The number of rotatable bonds is 3. The lowest BCUT2D eigenvalue weighted by Crippen LogP contribution is -2.41. The Balaban J connectivity index is 1.87. The maximum atomic E-state index is 12.9. The van der Waals surface area contributed by atoms with Gasteiger partial charge in [0.05, 0.1) is 12.3 Å². The average Bonchev–Trinajstić information content (AvgIpc) is 2.87. The molecule has 1 amide bonds. The molecular weight excluding hydrogens is 288 g/mol. The van der Waals surface area contributed by atoms with E-state index in [1.54, 1.807) is 6.07 Å². The maximum absolute atomic E-state index is 12.9. The summed E-state index contributed by atoms with van der Waals surface area (Å²) in [6, 6.07) is 15.8. The summed E-state index contributed by atoms with van der Waals surface area (Å²) in [5.74, 6) is 0.000121. The molecule has 1 fully saturated rings. The van der Waals surface area contributed by atoms with Gasteiger partial charge in [-0.3, -0.25) is 4.79 Å². The fourth-order valence-electron chi connectivity index (χ4n) is 2.99. The Bertz CT molecular complexity index is 657. The minimum atomic E-state index is 0.000121. The third-order valence-corrected chi connectivity index (χ3v) is 4.28. The SMILES string of the molecule is CCC1CCOCCN1C(=O)c1cccc(-c2ccccc2)n1. The molecule has 2 aromatic rings. The van der Waals surface area contributed by atoms with Crippen LogP contribution in [0.2, 0.25) is 0 Å². The zero-order valence-electron chi connectivity index (χ0n) is 13.4. The average molecular weight is 310 g/mol. The normalized spacial score (nSPS) is 18.5. The summed E-state index contributed by atoms with van der Waals surface area (Å²) >= 11 is 0. The molecule has 0 N–H and O–H groups in total. The summed E-state index contributed by atoms with van der Waals surface area (Å²) in [5.41, 5.74) is 2.36. The van der Waals surface area contributed by atoms with Gasteiger partial charge in [-0.05, 0) is 25.0 Å². The van der Waals surface area contributed by atoms with Crippen molar-refractivity contribution in [2.24, 2.45) is 0 Å². The van der Waals surface area contributed by atoms with E-state index >= 15 is 0 Å². The number of aromatic nitrogens is 1. The first-order valence-electron chi connectivity index (χ1n) is 8.21. The molecule has 1 atom stereocenters. The number of amides is 1. The number of hydrogen-bond donors (Lipinski definition) is 0. The Hall–Kier alpha value is -2.20. The van der Waals surface area contributed by atoms with Crippen LogP contribution in [0.3, 0.4) is 0 Å². The van der Waals surface area contributed by atoms with Gasteiger partial charge in [-0.25, -0.2) is 4.98 Å². The van der Waals surface area contributed by atoms with Crippen LogP contribution in [-0.2, 0) is 4.74 Å². The zero-order chi connectivity index (χ0) is 16.1. The molecule has 4 heteroatoms. The van der Waals surface area contributed by atoms with Gasteiger partial charge in [-0.1, -0.05) is 43.3 Å². The van der Waals surface area contributed by atoms with Gasteiger partial charge in [0, 0.05) is 24.8 Å². The molecule has 0 radical (unpaired) electrons. The fraction of sp³-hybridized carbons (Fsp3) is 0.368. The molecule has 1 aliphatic heterocycles. The van der Waals surface area contributed by atoms with E-state index in [4.69, 9.17) is 4.74 Å². The van der Waals surface area contributed by atoms with Gasteiger partial charge in [0.25, 0.3) is 5.91 Å². The highest BCUT2D eigenvalue weighted by Gasteiger charge is 2.26. The van der Waals surface area contributed by atoms with Gasteiger partial charge in [0.15, 0.2) is 0 Å². The zero-order valence-corrected chi connectivity index (χ0v) is 13.4. The molecule has 4 nitrogen and oxygen atoms in total. The number of benzene rings is 1. The lowest BCUT2D eigenvalue weighted by molar-refractivity contribution is 0.0664. The Morgan fingerprint density at radius 2 is 2.00 bits per heavy atom. The van der Waals surface area contributed by atoms with Gasteiger partial charge in [0.2, 0.25) is 0 Å². The van der Waals surface area contributed by atoms with Crippen molar-refractivity contribution in [2.45, 2.75) is 25.8 Å². The highest BCUT2D eigenvalue weighted by molar-refractivity contribution is 5.93. The van der Waals surface area contributed by atoms with Crippen LogP contribution in [0.25, 0.3) is 11.3 Å². The highest BCUT2D eigenvalue weighted by Crippen LogP contribution is 2.19. The van der Waals surface area contributed by atoms with Crippen LogP contribution < -0.4 is 0 Å². The van der Waals surface area contributed by atoms with Crippen molar-refractivity contribution in [1.82, 2.24) is 9.88 Å². The van der Waals surface area contributed by atoms with Gasteiger partial charge in [-0.2, -0.15) is 0 Å². The first kappa shape index (κ1) is 15.7. The van der Waals surface area contributed by atoms with Crippen LogP contribution in [0.5, 0.6) is 0 Å². The monoisotopic (exact) mass is 310 g/mol. The van der Waals surface area contributed by atoms with Crippen molar-refractivity contribution >= 4 is 5.91 Å². The lowest BCUT2D eigenvalue weighted by atomic mass is 10.1. The predicted octanol–water partition coefficient (Wildman–Crippen LogP) is 3.39. The molecule has 0 aliphatic carbocycles. The van der Waals surface area contributed by atoms with Crippen LogP contribution in [0, 0.1) is 0 Å². The van der Waals surface area contributed by atoms with Crippen molar-refractivity contribution < 1.29 is 9.53 Å². The van der Waals surface area contributed by atoms with Gasteiger partial charge in [-0.15, -0.1) is 0 Å². The number of carbonyl (C=O) groups is 1. The van der Waals surface area contributed by atoms with Gasteiger partial charge >= 0.3 is 0 Å². The largest absolute Gasteiger partial charge is 0.380 e. The molecule has 2 heterocycles. The lowest BCUT2D eigenvalue weighted by Gasteiger charge is -2.28. The second-order valence-corrected chi connectivity index (χ2v) is 5.74. The molecule has 1 aromatic carbocycles. The summed E-state index contributed by atoms with van der Waals surface area (Å²) in [4.78, 5) is 19.4. The van der Waals surface area contributed by atoms with Crippen molar-refractivity contribution in [2.75, 3.05) is 19.8 Å². The first-order chi connectivity index (χ1) is 11.3. The molecule has 1 aromatic heterocycles. The summed E-state index contributed by atoms with van der Waals surface area (Å²) < 4.78 is 5.52. The molecule has 23 heavy (non-hydrogen) atoms. The summed E-state index contributed by atoms with van der Waals surface area (Å²) in [6.07, 6.45) is 1.83. The minimum absolute atomic E-state index is 0.000121. The summed E-state index contributed by atoms with van der Waals surface area (Å²) in [5, 5.41) is 0. The van der Waals surface area contributed by atoms with E-state index in [-0.39, 0.29) is 11.9 Å². The Morgan fingerprint density at radius 3 is 2.78 bits per heavy atom. The van der Waals surface area contributed by atoms with E-state index < -0.39 is 0 Å². The van der Waals surface area contributed by atoms with E-state index in [0.717, 1.165) is 30.7 Å². The van der Waals surface area contributed by atoms with Crippen LogP contribution in [0.15, 0.2) is 48.5 Å².